The molecule has 0 spiro atoms. The van der Waals surface area contributed by atoms with Crippen LogP contribution in [0.5, 0.6) is 0 Å². The third-order valence-corrected chi connectivity index (χ3v) is 7.31. The Hall–Kier alpha value is -0.0119. The van der Waals surface area contributed by atoms with E-state index in [1.54, 1.807) is 42.3 Å². The van der Waals surface area contributed by atoms with Crippen LogP contribution in [0, 0.1) is 11.8 Å². The number of fused-ring (bicyclic) bond motifs is 1. The Bertz CT molecular complexity index is 477. The summed E-state index contributed by atoms with van der Waals surface area (Å²) in [6, 6.07) is 0. The van der Waals surface area contributed by atoms with Crippen LogP contribution in [0.1, 0.15) is 12.8 Å². The van der Waals surface area contributed by atoms with Crippen LogP contribution >= 0.6 is 0 Å². The van der Waals surface area contributed by atoms with Gasteiger partial charge in [-0.05, 0) is 0 Å². The maximum atomic E-state index is 3.50. The molecular formula is C25H51N3Si2Ti. The molecule has 31 heavy (non-hydrogen) atoms. The first-order valence-electron chi connectivity index (χ1n) is 11.2. The van der Waals surface area contributed by atoms with Gasteiger partial charge in [-0.15, -0.1) is 0 Å². The molecule has 0 aromatic rings. The molecule has 2 rings (SSSR count). The summed E-state index contributed by atoms with van der Waals surface area (Å²) in [5.74, 6) is 1.74. The zero-order valence-corrected chi connectivity index (χ0v) is 26.2. The number of hydrogen-bond acceptors (Lipinski definition) is 0. The molecule has 6 heteroatoms. The third-order valence-electron chi connectivity index (χ3n) is 3.88. The average Bonchev–Trinajstić information content (AvgIpc) is 3.02. The van der Waals surface area contributed by atoms with Crippen molar-refractivity contribution < 1.29 is 20.4 Å². The first-order valence-corrected chi connectivity index (χ1v) is 19.3. The summed E-state index contributed by atoms with van der Waals surface area (Å²) in [6.07, 6.45) is 16.4. The molecule has 0 bridgehead atoms. The van der Waals surface area contributed by atoms with Crippen molar-refractivity contribution in [3.63, 3.8) is 0 Å². The van der Waals surface area contributed by atoms with Crippen LogP contribution in [0.15, 0.2) is 47.9 Å². The summed E-state index contributed by atoms with van der Waals surface area (Å²) < 4.78 is 0.922. The van der Waals surface area contributed by atoms with Crippen LogP contribution in [0.25, 0.3) is 16.0 Å². The van der Waals surface area contributed by atoms with E-state index in [1.165, 1.54) is 12.8 Å². The summed E-state index contributed by atoms with van der Waals surface area (Å²) in [7, 11) is 8.56. The summed E-state index contributed by atoms with van der Waals surface area (Å²) in [4.78, 5) is 0. The predicted octanol–water partition coefficient (Wildman–Crippen LogP) is 8.19. The van der Waals surface area contributed by atoms with Crippen LogP contribution in [-0.4, -0.2) is 58.4 Å². The van der Waals surface area contributed by atoms with Crippen molar-refractivity contribution in [2.75, 3.05) is 42.3 Å². The quantitative estimate of drug-likeness (QED) is 0.279. The Morgan fingerprint density at radius 2 is 1.03 bits per heavy atom. The zero-order valence-electron chi connectivity index (χ0n) is 22.6. The number of rotatable bonds is 3. The minimum atomic E-state index is -0.970. The molecule has 0 radical (unpaired) electrons. The van der Waals surface area contributed by atoms with Gasteiger partial charge >= 0.3 is 73.6 Å². The number of nitrogens with zero attached hydrogens (tertiary/aromatic N) is 3. The number of hydrogen-bond donors (Lipinski definition) is 0. The Labute approximate surface area is 210 Å². The molecule has 0 saturated heterocycles. The molecule has 0 aliphatic heterocycles. The van der Waals surface area contributed by atoms with Gasteiger partial charge in [0.1, 0.15) is 0 Å². The van der Waals surface area contributed by atoms with Gasteiger partial charge in [0.05, 0.1) is 16.1 Å². The second-order valence-corrected chi connectivity index (χ2v) is 21.3. The molecule has 3 nitrogen and oxygen atoms in total. The number of allylic oxidation sites excluding steroid dienone is 6. The summed E-state index contributed by atoms with van der Waals surface area (Å²) >= 11 is 2.37. The van der Waals surface area contributed by atoms with Crippen molar-refractivity contribution in [1.82, 2.24) is 0 Å². The Kier molecular flexibility index (Phi) is 25.0. The van der Waals surface area contributed by atoms with E-state index < -0.39 is 16.1 Å². The van der Waals surface area contributed by atoms with Gasteiger partial charge in [0, 0.05) is 0 Å². The van der Waals surface area contributed by atoms with Crippen LogP contribution in [-0.2, 0) is 20.4 Å². The normalized spacial score (nSPS) is 21.7. The summed E-state index contributed by atoms with van der Waals surface area (Å²) in [6.45, 7) is 14.1. The molecule has 1 fully saturated rings. The Balaban J connectivity index is -0.000000369. The van der Waals surface area contributed by atoms with E-state index in [-0.39, 0.29) is 0 Å². The predicted molar refractivity (Wildman–Crippen MR) is 149 cm³/mol. The molecule has 3 unspecified atom stereocenters. The summed E-state index contributed by atoms with van der Waals surface area (Å²) in [5, 5.41) is 10.5. The molecule has 1 saturated carbocycles. The van der Waals surface area contributed by atoms with Crippen molar-refractivity contribution in [1.29, 1.82) is 0 Å². The van der Waals surface area contributed by atoms with Crippen molar-refractivity contribution in [3.8, 4) is 0 Å². The van der Waals surface area contributed by atoms with Gasteiger partial charge < -0.3 is 16.0 Å². The average molecular weight is 498 g/mol. The van der Waals surface area contributed by atoms with Crippen LogP contribution in [0.3, 0.4) is 0 Å². The zero-order chi connectivity index (χ0) is 24.9. The van der Waals surface area contributed by atoms with Gasteiger partial charge in [0.25, 0.3) is 0 Å². The monoisotopic (exact) mass is 497 g/mol. The molecule has 2 aliphatic carbocycles. The topological polar surface area (TPSA) is 42.3 Å². The molecule has 0 heterocycles. The molecule has 3 atom stereocenters. The van der Waals surface area contributed by atoms with E-state index in [4.69, 9.17) is 0 Å². The van der Waals surface area contributed by atoms with E-state index in [0.29, 0.717) is 0 Å². The summed E-state index contributed by atoms with van der Waals surface area (Å²) in [5.41, 5.74) is 4.76. The van der Waals surface area contributed by atoms with Crippen LogP contribution in [0.2, 0.25) is 43.5 Å². The van der Waals surface area contributed by atoms with E-state index in [9.17, 15) is 0 Å². The maximum absolute atomic E-state index is 3.50. The first-order chi connectivity index (χ1) is 14.3. The van der Waals surface area contributed by atoms with Crippen molar-refractivity contribution >= 4 is 16.1 Å². The van der Waals surface area contributed by atoms with Crippen molar-refractivity contribution in [3.05, 3.63) is 63.8 Å². The Morgan fingerprint density at radius 1 is 0.677 bits per heavy atom. The van der Waals surface area contributed by atoms with Gasteiger partial charge in [-0.3, -0.25) is 0 Å². The fraction of sp³-hybridized carbons (Fsp3) is 0.680. The molecule has 0 amide bonds. The molecule has 0 aromatic heterocycles. The van der Waals surface area contributed by atoms with Crippen molar-refractivity contribution in [2.24, 2.45) is 11.8 Å². The van der Waals surface area contributed by atoms with Gasteiger partial charge in [-0.1, -0.05) is 62.8 Å². The second-order valence-electron chi connectivity index (χ2n) is 9.99. The van der Waals surface area contributed by atoms with Crippen molar-refractivity contribution in [2.45, 2.75) is 56.3 Å². The minimum absolute atomic E-state index is 0.866. The van der Waals surface area contributed by atoms with E-state index in [2.05, 4.69) is 124 Å². The fourth-order valence-electron chi connectivity index (χ4n) is 2.64. The fourth-order valence-corrected chi connectivity index (χ4v) is 4.84. The van der Waals surface area contributed by atoms with Gasteiger partial charge in [-0.2, -0.15) is 42.3 Å². The van der Waals surface area contributed by atoms with E-state index >= 15 is 0 Å². The second kappa shape index (κ2) is 21.8. The molecule has 0 aromatic carbocycles. The van der Waals surface area contributed by atoms with Gasteiger partial charge in [0.15, 0.2) is 0 Å². The first kappa shape index (κ1) is 35.6. The molecule has 178 valence electrons. The van der Waals surface area contributed by atoms with Crippen LogP contribution in [0.4, 0.5) is 0 Å². The van der Waals surface area contributed by atoms with Gasteiger partial charge in [0.2, 0.25) is 0 Å². The molecule has 2 aliphatic rings. The molecule has 0 N–H and O–H groups in total. The SMILES string of the molecule is C[N-]C.C[N-]C.C[N-]C.C[Si](C)(C)C=CC=C[Si](C)(C)C.[Ti+3][CH]1CCC2C=CC=CC12. The standard InChI is InChI=1S/C10H22Si2.C9H11.3C2H6N.Ti/c1-11(2,3)9-7-8-10-12(4,5)6;1-2-5-9-7-3-6-8(9)4-1;3*1-3-2;/h7-10H,1-6H3;1-2,4-6,8-9H,3,7H2;3*1-2H3;/q;;3*-1;+3. The van der Waals surface area contributed by atoms with Gasteiger partial charge in [-0.25, -0.2) is 0 Å². The molecular weight excluding hydrogens is 446 g/mol. The third kappa shape index (κ3) is 28.0. The van der Waals surface area contributed by atoms with Crippen LogP contribution < -0.4 is 0 Å². The van der Waals surface area contributed by atoms with E-state index in [0.717, 1.165) is 16.1 Å². The van der Waals surface area contributed by atoms with E-state index in [1.807, 2.05) is 0 Å². The Morgan fingerprint density at radius 3 is 1.35 bits per heavy atom.